The molecule has 2 rings (SSSR count). The molecule has 0 radical (unpaired) electrons. The maximum absolute atomic E-state index is 13.1. The molecule has 0 aliphatic heterocycles. The first kappa shape index (κ1) is 18.6. The van der Waals surface area contributed by atoms with Crippen LogP contribution in [-0.2, 0) is 10.2 Å². The first-order chi connectivity index (χ1) is 11.2. The Kier molecular flexibility index (Phi) is 5.73. The molecule has 1 atom stereocenters. The summed E-state index contributed by atoms with van der Waals surface area (Å²) in [6.45, 7) is 3.44. The van der Waals surface area contributed by atoms with Crippen molar-refractivity contribution in [2.45, 2.75) is 24.8 Å². The van der Waals surface area contributed by atoms with Gasteiger partial charge < -0.3 is 15.7 Å². The summed E-state index contributed by atoms with van der Waals surface area (Å²) in [7, 11) is -4.80. The van der Waals surface area contributed by atoms with Crippen LogP contribution in [0, 0.1) is 6.92 Å². The van der Waals surface area contributed by atoms with E-state index in [1.807, 2.05) is 0 Å². The summed E-state index contributed by atoms with van der Waals surface area (Å²) in [6.07, 6.45) is 1.51. The van der Waals surface area contributed by atoms with Crippen molar-refractivity contribution in [3.05, 3.63) is 34.4 Å². The Morgan fingerprint density at radius 2 is 2.12 bits per heavy atom. The monoisotopic (exact) mass is 418 g/mol. The lowest BCUT2D eigenvalue weighted by molar-refractivity contribution is 0.281. The van der Waals surface area contributed by atoms with Gasteiger partial charge in [-0.15, -0.1) is 3.89 Å². The number of aryl methyl sites for hydroxylation is 1. The first-order valence-electron chi connectivity index (χ1n) is 6.93. The average Bonchev–Trinajstić information content (AvgIpc) is 2.51. The van der Waals surface area contributed by atoms with Gasteiger partial charge in [0.05, 0.1) is 11.1 Å². The van der Waals surface area contributed by atoms with Crippen LogP contribution >= 0.6 is 15.9 Å². The van der Waals surface area contributed by atoms with Crippen molar-refractivity contribution in [1.82, 2.24) is 9.97 Å². The number of aromatic nitrogens is 2. The van der Waals surface area contributed by atoms with Crippen LogP contribution in [0.25, 0.3) is 0 Å². The molecule has 0 fully saturated rings. The number of halogens is 2. The lowest BCUT2D eigenvalue weighted by Gasteiger charge is -2.14. The second-order valence-electron chi connectivity index (χ2n) is 5.16. The number of nitrogens with one attached hydrogen (secondary N) is 2. The molecule has 0 bridgehead atoms. The summed E-state index contributed by atoms with van der Waals surface area (Å²) in [4.78, 5) is 7.89. The van der Waals surface area contributed by atoms with E-state index in [2.05, 4.69) is 36.5 Å². The van der Waals surface area contributed by atoms with E-state index in [9.17, 15) is 12.3 Å². The van der Waals surface area contributed by atoms with Gasteiger partial charge in [-0.3, -0.25) is 0 Å². The minimum atomic E-state index is -4.80. The quantitative estimate of drug-likeness (QED) is 0.619. The maximum atomic E-state index is 13.1. The average molecular weight is 419 g/mol. The largest absolute Gasteiger partial charge is 0.394 e. The Morgan fingerprint density at radius 3 is 2.75 bits per heavy atom. The van der Waals surface area contributed by atoms with Crippen LogP contribution in [0.15, 0.2) is 33.8 Å². The van der Waals surface area contributed by atoms with Gasteiger partial charge in [0.15, 0.2) is 0 Å². The smallest absolute Gasteiger partial charge is 0.332 e. The van der Waals surface area contributed by atoms with E-state index in [0.29, 0.717) is 21.5 Å². The SMILES string of the molecule is Cc1ccc(S(=O)(=O)F)cc1Nc1ncc(Br)c(N[C@H](C)CO)n1. The fourth-order valence-corrected chi connectivity index (χ4v) is 2.61. The summed E-state index contributed by atoms with van der Waals surface area (Å²) in [5.74, 6) is 0.656. The highest BCUT2D eigenvalue weighted by atomic mass is 79.9. The van der Waals surface area contributed by atoms with Crippen molar-refractivity contribution >= 4 is 43.6 Å². The van der Waals surface area contributed by atoms with Gasteiger partial charge in [-0.1, -0.05) is 6.07 Å². The number of nitrogens with zero attached hydrogens (tertiary/aromatic N) is 2. The van der Waals surface area contributed by atoms with Gasteiger partial charge in [0.1, 0.15) is 10.7 Å². The third-order valence-electron chi connectivity index (χ3n) is 3.14. The molecule has 1 aromatic carbocycles. The van der Waals surface area contributed by atoms with Gasteiger partial charge in [-0.2, -0.15) is 13.4 Å². The summed E-state index contributed by atoms with van der Waals surface area (Å²) in [6, 6.07) is 3.64. The van der Waals surface area contributed by atoms with Gasteiger partial charge in [0.25, 0.3) is 0 Å². The predicted octanol–water partition coefficient (Wildman–Crippen LogP) is 2.74. The highest BCUT2D eigenvalue weighted by molar-refractivity contribution is 9.10. The molecule has 0 spiro atoms. The molecule has 0 unspecified atom stereocenters. The number of hydrogen-bond donors (Lipinski definition) is 3. The normalized spacial score (nSPS) is 12.7. The standard InChI is InChI=1S/C14H16BrFN4O3S/c1-8-3-4-10(24(16,22)23)5-12(8)19-14-17-6-11(15)13(20-14)18-9(2)7-21/h3-6,9,21H,7H2,1-2H3,(H2,17,18,19,20)/t9-/m1/s1. The van der Waals surface area contributed by atoms with Crippen molar-refractivity contribution in [3.8, 4) is 0 Å². The molecule has 0 saturated heterocycles. The van der Waals surface area contributed by atoms with E-state index in [4.69, 9.17) is 5.11 Å². The summed E-state index contributed by atoms with van der Waals surface area (Å²) in [5.41, 5.74) is 1.07. The van der Waals surface area contributed by atoms with Crippen LogP contribution < -0.4 is 10.6 Å². The number of aliphatic hydroxyl groups is 1. The molecule has 1 aromatic heterocycles. The Hall–Kier alpha value is -1.78. The van der Waals surface area contributed by atoms with Gasteiger partial charge in [-0.25, -0.2) is 4.98 Å². The zero-order chi connectivity index (χ0) is 17.9. The molecule has 7 nitrogen and oxygen atoms in total. The zero-order valence-corrected chi connectivity index (χ0v) is 15.3. The third kappa shape index (κ3) is 4.62. The van der Waals surface area contributed by atoms with Gasteiger partial charge in [0.2, 0.25) is 5.95 Å². The van der Waals surface area contributed by atoms with Crippen molar-refractivity contribution in [1.29, 1.82) is 0 Å². The Morgan fingerprint density at radius 1 is 1.42 bits per heavy atom. The fourth-order valence-electron chi connectivity index (χ4n) is 1.82. The molecule has 0 saturated carbocycles. The lowest BCUT2D eigenvalue weighted by atomic mass is 10.2. The predicted molar refractivity (Wildman–Crippen MR) is 92.7 cm³/mol. The van der Waals surface area contributed by atoms with E-state index in [1.165, 1.54) is 24.4 Å². The second-order valence-corrected chi connectivity index (χ2v) is 7.36. The highest BCUT2D eigenvalue weighted by Gasteiger charge is 2.14. The summed E-state index contributed by atoms with van der Waals surface area (Å²) < 4.78 is 35.8. The van der Waals surface area contributed by atoms with E-state index >= 15 is 0 Å². The molecular weight excluding hydrogens is 403 g/mol. The number of hydrogen-bond acceptors (Lipinski definition) is 7. The van der Waals surface area contributed by atoms with Crippen LogP contribution in [0.1, 0.15) is 12.5 Å². The van der Waals surface area contributed by atoms with E-state index in [1.54, 1.807) is 13.8 Å². The Labute approximate surface area is 147 Å². The molecule has 0 aliphatic rings. The van der Waals surface area contributed by atoms with Crippen molar-refractivity contribution in [2.75, 3.05) is 17.2 Å². The molecule has 1 heterocycles. The number of rotatable bonds is 6. The van der Waals surface area contributed by atoms with Crippen LogP contribution in [0.2, 0.25) is 0 Å². The molecule has 24 heavy (non-hydrogen) atoms. The Balaban J connectivity index is 2.33. The maximum Gasteiger partial charge on any atom is 0.332 e. The van der Waals surface area contributed by atoms with Crippen LogP contribution in [0.3, 0.4) is 0 Å². The summed E-state index contributed by atoms with van der Waals surface area (Å²) in [5, 5.41) is 15.0. The number of anilines is 3. The van der Waals surface area contributed by atoms with Gasteiger partial charge >= 0.3 is 10.2 Å². The molecule has 0 aliphatic carbocycles. The van der Waals surface area contributed by atoms with Crippen molar-refractivity contribution < 1.29 is 17.4 Å². The first-order valence-corrected chi connectivity index (χ1v) is 9.10. The number of aliphatic hydroxyl groups excluding tert-OH is 1. The molecule has 0 amide bonds. The minimum absolute atomic E-state index is 0.0747. The van der Waals surface area contributed by atoms with Crippen LogP contribution in [0.4, 0.5) is 21.3 Å². The van der Waals surface area contributed by atoms with Crippen molar-refractivity contribution in [3.63, 3.8) is 0 Å². The second kappa shape index (κ2) is 7.41. The van der Waals surface area contributed by atoms with E-state index in [-0.39, 0.29) is 18.6 Å². The summed E-state index contributed by atoms with van der Waals surface area (Å²) >= 11 is 3.30. The topological polar surface area (TPSA) is 104 Å². The van der Waals surface area contributed by atoms with Gasteiger partial charge in [-0.05, 0) is 47.5 Å². The molecule has 2 aromatic rings. The van der Waals surface area contributed by atoms with E-state index < -0.39 is 15.1 Å². The van der Waals surface area contributed by atoms with Crippen molar-refractivity contribution in [2.24, 2.45) is 0 Å². The van der Waals surface area contributed by atoms with Crippen LogP contribution in [-0.4, -0.2) is 36.1 Å². The van der Waals surface area contributed by atoms with Crippen LogP contribution in [0.5, 0.6) is 0 Å². The van der Waals surface area contributed by atoms with E-state index in [0.717, 1.165) is 0 Å². The molecule has 3 N–H and O–H groups in total. The highest BCUT2D eigenvalue weighted by Crippen LogP contribution is 2.26. The minimum Gasteiger partial charge on any atom is -0.394 e. The molecular formula is C14H16BrFN4O3S. The zero-order valence-electron chi connectivity index (χ0n) is 12.9. The number of benzene rings is 1. The lowest BCUT2D eigenvalue weighted by Crippen LogP contribution is -2.20. The fraction of sp³-hybridized carbons (Fsp3) is 0.286. The van der Waals surface area contributed by atoms with Gasteiger partial charge in [0, 0.05) is 17.9 Å². The third-order valence-corrected chi connectivity index (χ3v) is 4.54. The molecule has 130 valence electrons. The Bertz CT molecular complexity index is 848. The molecule has 10 heteroatoms.